The molecule has 0 radical (unpaired) electrons. The molecule has 0 bridgehead atoms. The molecule has 2 heterocycles. The molecule has 1 aromatic heterocycles. The molecule has 22 heavy (non-hydrogen) atoms. The summed E-state index contributed by atoms with van der Waals surface area (Å²) >= 11 is 0. The number of methoxy groups -OCH3 is 1. The van der Waals surface area contributed by atoms with Gasteiger partial charge in [0.05, 0.1) is 37.9 Å². The maximum atomic E-state index is 5.35. The van der Waals surface area contributed by atoms with Gasteiger partial charge in [-0.25, -0.2) is 4.98 Å². The highest BCUT2D eigenvalue weighted by Gasteiger charge is 2.09. The minimum atomic E-state index is 0.764. The SMILES string of the molecule is COc1ccc2nc(CNCCCN3CCOCC3)[nH]c2c1. The monoisotopic (exact) mass is 304 g/mol. The fourth-order valence-electron chi connectivity index (χ4n) is 2.71. The summed E-state index contributed by atoms with van der Waals surface area (Å²) in [5.74, 6) is 1.82. The van der Waals surface area contributed by atoms with E-state index in [0.29, 0.717) is 0 Å². The van der Waals surface area contributed by atoms with Gasteiger partial charge in [-0.1, -0.05) is 0 Å². The number of hydrogen-bond donors (Lipinski definition) is 2. The molecule has 0 atom stereocenters. The smallest absolute Gasteiger partial charge is 0.121 e. The summed E-state index contributed by atoms with van der Waals surface area (Å²) in [7, 11) is 1.68. The van der Waals surface area contributed by atoms with Gasteiger partial charge in [-0.15, -0.1) is 0 Å². The predicted octanol–water partition coefficient (Wildman–Crippen LogP) is 1.38. The van der Waals surface area contributed by atoms with E-state index in [0.717, 1.165) is 75.0 Å². The third-order valence-corrected chi connectivity index (χ3v) is 3.96. The number of fused-ring (bicyclic) bond motifs is 1. The number of aromatic amines is 1. The van der Waals surface area contributed by atoms with Crippen LogP contribution in [-0.4, -0.2) is 61.4 Å². The van der Waals surface area contributed by atoms with E-state index < -0.39 is 0 Å². The van der Waals surface area contributed by atoms with Crippen molar-refractivity contribution in [3.63, 3.8) is 0 Å². The lowest BCUT2D eigenvalue weighted by Crippen LogP contribution is -2.37. The number of H-pyrrole nitrogens is 1. The Hall–Kier alpha value is -1.63. The predicted molar refractivity (Wildman–Crippen MR) is 86.2 cm³/mol. The molecule has 1 aliphatic heterocycles. The maximum Gasteiger partial charge on any atom is 0.121 e. The van der Waals surface area contributed by atoms with Gasteiger partial charge in [0.1, 0.15) is 11.6 Å². The van der Waals surface area contributed by atoms with Crippen LogP contribution in [0.4, 0.5) is 0 Å². The molecule has 0 amide bonds. The Kier molecular flexibility index (Phi) is 5.26. The lowest BCUT2D eigenvalue weighted by Gasteiger charge is -2.26. The molecule has 1 fully saturated rings. The molecular formula is C16H24N4O2. The van der Waals surface area contributed by atoms with Crippen molar-refractivity contribution in [3.8, 4) is 5.75 Å². The molecule has 1 saturated heterocycles. The topological polar surface area (TPSA) is 62.4 Å². The summed E-state index contributed by atoms with van der Waals surface area (Å²) in [4.78, 5) is 10.4. The van der Waals surface area contributed by atoms with Crippen molar-refractivity contribution in [1.29, 1.82) is 0 Å². The van der Waals surface area contributed by atoms with E-state index in [2.05, 4.69) is 20.2 Å². The van der Waals surface area contributed by atoms with Crippen molar-refractivity contribution in [2.24, 2.45) is 0 Å². The lowest BCUT2D eigenvalue weighted by molar-refractivity contribution is 0.0374. The zero-order valence-electron chi connectivity index (χ0n) is 13.1. The number of morpholine rings is 1. The molecule has 120 valence electrons. The van der Waals surface area contributed by atoms with Gasteiger partial charge in [0.15, 0.2) is 0 Å². The highest BCUT2D eigenvalue weighted by atomic mass is 16.5. The number of rotatable bonds is 7. The molecule has 0 aliphatic carbocycles. The highest BCUT2D eigenvalue weighted by Crippen LogP contribution is 2.18. The van der Waals surface area contributed by atoms with Crippen molar-refractivity contribution >= 4 is 11.0 Å². The van der Waals surface area contributed by atoms with Gasteiger partial charge in [0.25, 0.3) is 0 Å². The summed E-state index contributed by atoms with van der Waals surface area (Å²) in [5.41, 5.74) is 2.00. The van der Waals surface area contributed by atoms with Crippen molar-refractivity contribution < 1.29 is 9.47 Å². The van der Waals surface area contributed by atoms with E-state index in [4.69, 9.17) is 9.47 Å². The average Bonchev–Trinajstić information content (AvgIpc) is 2.97. The van der Waals surface area contributed by atoms with E-state index >= 15 is 0 Å². The third kappa shape index (κ3) is 3.97. The first-order valence-corrected chi connectivity index (χ1v) is 7.88. The quantitative estimate of drug-likeness (QED) is 0.757. The molecule has 1 aliphatic rings. The van der Waals surface area contributed by atoms with Crippen LogP contribution in [0.25, 0.3) is 11.0 Å². The van der Waals surface area contributed by atoms with Crippen molar-refractivity contribution in [2.45, 2.75) is 13.0 Å². The molecular weight excluding hydrogens is 280 g/mol. The van der Waals surface area contributed by atoms with Crippen LogP contribution >= 0.6 is 0 Å². The van der Waals surface area contributed by atoms with Crippen LogP contribution in [0.5, 0.6) is 5.75 Å². The van der Waals surface area contributed by atoms with E-state index in [9.17, 15) is 0 Å². The Morgan fingerprint density at radius 1 is 1.36 bits per heavy atom. The van der Waals surface area contributed by atoms with E-state index in [1.54, 1.807) is 7.11 Å². The van der Waals surface area contributed by atoms with E-state index in [-0.39, 0.29) is 0 Å². The van der Waals surface area contributed by atoms with Gasteiger partial charge in [0.2, 0.25) is 0 Å². The van der Waals surface area contributed by atoms with E-state index in [1.165, 1.54) is 0 Å². The van der Waals surface area contributed by atoms with Crippen LogP contribution in [0.1, 0.15) is 12.2 Å². The molecule has 3 rings (SSSR count). The number of ether oxygens (including phenoxy) is 2. The highest BCUT2D eigenvalue weighted by molar-refractivity contribution is 5.76. The average molecular weight is 304 g/mol. The van der Waals surface area contributed by atoms with Crippen LogP contribution in [0.3, 0.4) is 0 Å². The summed E-state index contributed by atoms with van der Waals surface area (Å²) in [6.45, 7) is 6.76. The molecule has 6 heteroatoms. The standard InChI is InChI=1S/C16H24N4O2/c1-21-13-3-4-14-15(11-13)19-16(18-14)12-17-5-2-6-20-7-9-22-10-8-20/h3-4,11,17H,2,5-10,12H2,1H3,(H,18,19). The zero-order chi connectivity index (χ0) is 15.2. The van der Waals surface area contributed by atoms with E-state index in [1.807, 2.05) is 18.2 Å². The zero-order valence-corrected chi connectivity index (χ0v) is 13.1. The van der Waals surface area contributed by atoms with Crippen molar-refractivity contribution in [3.05, 3.63) is 24.0 Å². The Balaban J connectivity index is 1.41. The van der Waals surface area contributed by atoms with Crippen molar-refractivity contribution in [1.82, 2.24) is 20.2 Å². The number of imidazole rings is 1. The second kappa shape index (κ2) is 7.58. The summed E-state index contributed by atoms with van der Waals surface area (Å²) in [6, 6.07) is 5.89. The van der Waals surface area contributed by atoms with Gasteiger partial charge in [-0.3, -0.25) is 4.90 Å². The molecule has 0 unspecified atom stereocenters. The largest absolute Gasteiger partial charge is 0.497 e. The van der Waals surface area contributed by atoms with Crippen LogP contribution in [0.2, 0.25) is 0 Å². The fraction of sp³-hybridized carbons (Fsp3) is 0.562. The Morgan fingerprint density at radius 2 is 2.23 bits per heavy atom. The maximum absolute atomic E-state index is 5.35. The number of benzene rings is 1. The number of nitrogens with zero attached hydrogens (tertiary/aromatic N) is 2. The number of hydrogen-bond acceptors (Lipinski definition) is 5. The molecule has 2 N–H and O–H groups in total. The summed E-state index contributed by atoms with van der Waals surface area (Å²) in [5, 5.41) is 3.45. The number of nitrogens with one attached hydrogen (secondary N) is 2. The van der Waals surface area contributed by atoms with Gasteiger partial charge < -0.3 is 19.8 Å². The van der Waals surface area contributed by atoms with Crippen molar-refractivity contribution in [2.75, 3.05) is 46.5 Å². The first kappa shape index (κ1) is 15.3. The summed E-state index contributed by atoms with van der Waals surface area (Å²) in [6.07, 6.45) is 1.15. The van der Waals surface area contributed by atoms with Gasteiger partial charge in [-0.05, 0) is 31.6 Å². The minimum Gasteiger partial charge on any atom is -0.497 e. The Bertz CT molecular complexity index is 593. The molecule has 0 saturated carbocycles. The fourth-order valence-corrected chi connectivity index (χ4v) is 2.71. The van der Waals surface area contributed by atoms with Gasteiger partial charge in [0, 0.05) is 19.2 Å². The van der Waals surface area contributed by atoms with Crippen LogP contribution in [0, 0.1) is 0 Å². The normalized spacial score (nSPS) is 16.2. The Labute approximate surface area is 130 Å². The second-order valence-corrected chi connectivity index (χ2v) is 5.55. The van der Waals surface area contributed by atoms with Crippen LogP contribution in [-0.2, 0) is 11.3 Å². The first-order chi connectivity index (χ1) is 10.8. The molecule has 1 aromatic carbocycles. The van der Waals surface area contributed by atoms with Gasteiger partial charge in [-0.2, -0.15) is 0 Å². The van der Waals surface area contributed by atoms with Crippen LogP contribution in [0.15, 0.2) is 18.2 Å². The minimum absolute atomic E-state index is 0.764. The third-order valence-electron chi connectivity index (χ3n) is 3.96. The first-order valence-electron chi connectivity index (χ1n) is 7.88. The van der Waals surface area contributed by atoms with Crippen LogP contribution < -0.4 is 10.1 Å². The Morgan fingerprint density at radius 3 is 3.05 bits per heavy atom. The second-order valence-electron chi connectivity index (χ2n) is 5.55. The number of aromatic nitrogens is 2. The molecule has 6 nitrogen and oxygen atoms in total. The molecule has 2 aromatic rings. The summed E-state index contributed by atoms with van der Waals surface area (Å²) < 4.78 is 10.6. The van der Waals surface area contributed by atoms with Gasteiger partial charge >= 0.3 is 0 Å². The lowest BCUT2D eigenvalue weighted by atomic mass is 10.3. The molecule has 0 spiro atoms.